The number of amides is 1. The molecule has 0 saturated carbocycles. The number of phenols is 1. The van der Waals surface area contributed by atoms with Gasteiger partial charge in [0.15, 0.2) is 5.69 Å². The van der Waals surface area contributed by atoms with Crippen LogP contribution in [-0.2, 0) is 11.3 Å². The molecule has 5 N–H and O–H groups in total. The molecule has 0 radical (unpaired) electrons. The number of hydrazone groups is 1. The summed E-state index contributed by atoms with van der Waals surface area (Å²) in [5, 5.41) is 28.7. The van der Waals surface area contributed by atoms with E-state index in [2.05, 4.69) is 35.8 Å². The van der Waals surface area contributed by atoms with Crippen molar-refractivity contribution >= 4 is 17.9 Å². The maximum Gasteiger partial charge on any atom is 0.294 e. The SMILES string of the molecule is Nc1nonc1-n1nnc(C(=O)N/N=C\c2cccc(O)c2)c1C[NH+]1CCOCC1. The van der Waals surface area contributed by atoms with Crippen molar-refractivity contribution in [2.75, 3.05) is 32.0 Å². The van der Waals surface area contributed by atoms with Crippen LogP contribution in [0.3, 0.4) is 0 Å². The molecule has 1 saturated heterocycles. The van der Waals surface area contributed by atoms with Crippen molar-refractivity contribution in [2.24, 2.45) is 5.10 Å². The molecule has 156 valence electrons. The minimum atomic E-state index is -0.546. The zero-order valence-corrected chi connectivity index (χ0v) is 15.9. The number of benzene rings is 1. The Morgan fingerprint density at radius 3 is 2.93 bits per heavy atom. The van der Waals surface area contributed by atoms with Gasteiger partial charge in [0.2, 0.25) is 11.6 Å². The van der Waals surface area contributed by atoms with Crippen molar-refractivity contribution in [3.8, 4) is 11.6 Å². The molecule has 0 bridgehead atoms. The van der Waals surface area contributed by atoms with Gasteiger partial charge in [0.1, 0.15) is 31.1 Å². The largest absolute Gasteiger partial charge is 0.508 e. The number of nitrogens with one attached hydrogen (secondary N) is 2. The number of rotatable bonds is 6. The fourth-order valence-electron chi connectivity index (χ4n) is 3.04. The van der Waals surface area contributed by atoms with Crippen LogP contribution >= 0.6 is 0 Å². The van der Waals surface area contributed by atoms with E-state index >= 15 is 0 Å². The molecule has 13 nitrogen and oxygen atoms in total. The van der Waals surface area contributed by atoms with Crippen molar-refractivity contribution in [3.63, 3.8) is 0 Å². The van der Waals surface area contributed by atoms with Crippen LogP contribution in [0.25, 0.3) is 5.82 Å². The third-order valence-corrected chi connectivity index (χ3v) is 4.54. The Morgan fingerprint density at radius 1 is 1.37 bits per heavy atom. The molecule has 3 heterocycles. The lowest BCUT2D eigenvalue weighted by Crippen LogP contribution is -3.12. The van der Waals surface area contributed by atoms with Crippen LogP contribution in [0.2, 0.25) is 0 Å². The minimum Gasteiger partial charge on any atom is -0.508 e. The van der Waals surface area contributed by atoms with Crippen LogP contribution in [0.5, 0.6) is 5.75 Å². The molecule has 3 aromatic rings. The molecular formula is C17H20N9O4+. The number of hydrogen-bond acceptors (Lipinski definition) is 10. The quantitative estimate of drug-likeness (QED) is 0.266. The number of morpholine rings is 1. The zero-order valence-electron chi connectivity index (χ0n) is 15.9. The number of carbonyl (C=O) groups excluding carboxylic acids is 1. The molecule has 0 spiro atoms. The van der Waals surface area contributed by atoms with E-state index in [9.17, 15) is 9.90 Å². The Hall–Kier alpha value is -3.84. The summed E-state index contributed by atoms with van der Waals surface area (Å²) < 4.78 is 11.4. The van der Waals surface area contributed by atoms with Gasteiger partial charge in [0.25, 0.3) is 5.91 Å². The number of nitrogens with two attached hydrogens (primary N) is 1. The third kappa shape index (κ3) is 4.26. The molecule has 0 aliphatic carbocycles. The van der Waals surface area contributed by atoms with Gasteiger partial charge in [-0.2, -0.15) is 9.78 Å². The summed E-state index contributed by atoms with van der Waals surface area (Å²) in [6, 6.07) is 6.46. The van der Waals surface area contributed by atoms with Crippen molar-refractivity contribution in [3.05, 3.63) is 41.2 Å². The van der Waals surface area contributed by atoms with E-state index in [0.717, 1.165) is 13.1 Å². The molecule has 1 aliphatic heterocycles. The number of aromatic hydroxyl groups is 1. The monoisotopic (exact) mass is 414 g/mol. The number of nitrogens with zero attached hydrogens (tertiary/aromatic N) is 6. The van der Waals surface area contributed by atoms with Crippen LogP contribution in [0.15, 0.2) is 34.0 Å². The molecule has 1 aromatic carbocycles. The van der Waals surface area contributed by atoms with Crippen molar-refractivity contribution in [1.82, 2.24) is 30.7 Å². The molecule has 0 unspecified atom stereocenters. The van der Waals surface area contributed by atoms with Gasteiger partial charge in [-0.15, -0.1) is 5.10 Å². The highest BCUT2D eigenvalue weighted by atomic mass is 16.6. The highest BCUT2D eigenvalue weighted by Crippen LogP contribution is 2.15. The molecule has 0 atom stereocenters. The van der Waals surface area contributed by atoms with Crippen LogP contribution in [0.1, 0.15) is 21.7 Å². The molecular weight excluding hydrogens is 394 g/mol. The van der Waals surface area contributed by atoms with E-state index in [4.69, 9.17) is 10.5 Å². The molecule has 2 aromatic heterocycles. The van der Waals surface area contributed by atoms with Gasteiger partial charge >= 0.3 is 0 Å². The second kappa shape index (κ2) is 8.67. The van der Waals surface area contributed by atoms with Crippen LogP contribution in [-0.4, -0.2) is 68.8 Å². The van der Waals surface area contributed by atoms with Crippen LogP contribution in [0.4, 0.5) is 5.82 Å². The van der Waals surface area contributed by atoms with Crippen LogP contribution in [0, 0.1) is 0 Å². The Bertz CT molecular complexity index is 1060. The van der Waals surface area contributed by atoms with Gasteiger partial charge in [-0.3, -0.25) is 4.79 Å². The first-order valence-corrected chi connectivity index (χ1v) is 9.18. The second-order valence-electron chi connectivity index (χ2n) is 6.60. The fraction of sp³-hybridized carbons (Fsp3) is 0.294. The number of quaternary nitrogens is 1. The first-order chi connectivity index (χ1) is 14.6. The lowest BCUT2D eigenvalue weighted by molar-refractivity contribution is -0.921. The topological polar surface area (TPSA) is 171 Å². The van der Waals surface area contributed by atoms with E-state index in [0.29, 0.717) is 31.0 Å². The van der Waals surface area contributed by atoms with E-state index in [1.165, 1.54) is 21.9 Å². The van der Waals surface area contributed by atoms with Crippen LogP contribution < -0.4 is 16.1 Å². The lowest BCUT2D eigenvalue weighted by atomic mass is 10.2. The summed E-state index contributed by atoms with van der Waals surface area (Å²) in [5.74, 6) is -0.252. The second-order valence-corrected chi connectivity index (χ2v) is 6.60. The average molecular weight is 414 g/mol. The molecule has 1 fully saturated rings. The lowest BCUT2D eigenvalue weighted by Gasteiger charge is -2.23. The molecule has 4 rings (SSSR count). The zero-order chi connectivity index (χ0) is 20.9. The Morgan fingerprint density at radius 2 is 2.20 bits per heavy atom. The number of phenolic OH excluding ortho intramolecular Hbond substituents is 1. The van der Waals surface area contributed by atoms with Gasteiger partial charge in [-0.1, -0.05) is 17.3 Å². The molecule has 1 aliphatic rings. The van der Waals surface area contributed by atoms with E-state index in [-0.39, 0.29) is 23.1 Å². The summed E-state index contributed by atoms with van der Waals surface area (Å²) >= 11 is 0. The van der Waals surface area contributed by atoms with Gasteiger partial charge in [0.05, 0.1) is 19.4 Å². The number of nitrogen functional groups attached to an aromatic ring is 1. The van der Waals surface area contributed by atoms with Crippen molar-refractivity contribution < 1.29 is 24.2 Å². The smallest absolute Gasteiger partial charge is 0.294 e. The maximum atomic E-state index is 12.7. The van der Waals surface area contributed by atoms with Gasteiger partial charge in [-0.25, -0.2) is 10.1 Å². The first-order valence-electron chi connectivity index (χ1n) is 9.18. The fourth-order valence-corrected chi connectivity index (χ4v) is 3.04. The van der Waals surface area contributed by atoms with Crippen molar-refractivity contribution in [2.45, 2.75) is 6.54 Å². The van der Waals surface area contributed by atoms with E-state index in [1.807, 2.05) is 0 Å². The molecule has 13 heteroatoms. The predicted molar refractivity (Wildman–Crippen MR) is 102 cm³/mol. The number of aromatic nitrogens is 5. The summed E-state index contributed by atoms with van der Waals surface area (Å²) in [4.78, 5) is 13.9. The van der Waals surface area contributed by atoms with Gasteiger partial charge in [0, 0.05) is 0 Å². The average Bonchev–Trinajstić information content (AvgIpc) is 3.34. The van der Waals surface area contributed by atoms with Gasteiger partial charge in [-0.05, 0) is 28.0 Å². The molecule has 1 amide bonds. The highest BCUT2D eigenvalue weighted by Gasteiger charge is 2.28. The standard InChI is InChI=1S/C17H19N9O4/c18-15-16(23-30-22-15)26-13(10-25-4-6-29-7-5-25)14(20-24-26)17(28)21-19-9-11-2-1-3-12(27)8-11/h1-3,8-9,27H,4-7,10H2,(H2,18,22)(H,21,28)/p+1/b19-9-. The third-order valence-electron chi connectivity index (χ3n) is 4.54. The highest BCUT2D eigenvalue weighted by molar-refractivity contribution is 5.94. The number of carbonyl (C=O) groups is 1. The van der Waals surface area contributed by atoms with Crippen molar-refractivity contribution in [1.29, 1.82) is 0 Å². The Balaban J connectivity index is 1.57. The number of ether oxygens (including phenoxy) is 1. The summed E-state index contributed by atoms with van der Waals surface area (Å²) in [5.41, 5.74) is 9.43. The number of hydrogen-bond donors (Lipinski definition) is 4. The summed E-state index contributed by atoms with van der Waals surface area (Å²) in [6.45, 7) is 3.24. The predicted octanol–water partition coefficient (Wildman–Crippen LogP) is -1.88. The summed E-state index contributed by atoms with van der Waals surface area (Å²) in [6.07, 6.45) is 1.41. The Labute approximate surface area is 170 Å². The first kappa shape index (κ1) is 19.5. The van der Waals surface area contributed by atoms with E-state index in [1.54, 1.807) is 18.2 Å². The Kier molecular flexibility index (Phi) is 5.63. The van der Waals surface area contributed by atoms with E-state index < -0.39 is 5.91 Å². The maximum absolute atomic E-state index is 12.7. The molecule has 30 heavy (non-hydrogen) atoms. The number of anilines is 1. The normalized spacial score (nSPS) is 14.9. The minimum absolute atomic E-state index is 0.0343. The summed E-state index contributed by atoms with van der Waals surface area (Å²) in [7, 11) is 0. The van der Waals surface area contributed by atoms with Gasteiger partial charge < -0.3 is 20.5 Å².